The minimum absolute atomic E-state index is 0.243. The minimum Gasteiger partial charge on any atom is -0.459 e. The van der Waals surface area contributed by atoms with E-state index in [-0.39, 0.29) is 25.1 Å². The molecule has 3 aromatic rings. The number of aromatic nitrogens is 2. The smallest absolute Gasteiger partial charge is 0.307 e. The zero-order chi connectivity index (χ0) is 23.3. The van der Waals surface area contributed by atoms with E-state index < -0.39 is 32.5 Å². The van der Waals surface area contributed by atoms with Gasteiger partial charge in [0.05, 0.1) is 28.4 Å². The standard InChI is InChI=1S/C21H18F2N4O4S/c1-14-17(12-24)20(27(26-14)15-5-3-2-4-6-15)13-31-21(28)9-10-25-32(29,30)16-7-8-18(22)19(23)11-16/h2-8,11,25H,9-10,13H2,1H3. The average Bonchev–Trinajstić information content (AvgIpc) is 3.09. The molecule has 0 aliphatic heterocycles. The summed E-state index contributed by atoms with van der Waals surface area (Å²) in [5.74, 6) is -3.19. The molecule has 0 aliphatic carbocycles. The predicted molar refractivity (Wildman–Crippen MR) is 109 cm³/mol. The quantitative estimate of drug-likeness (QED) is 0.517. The minimum atomic E-state index is -4.13. The fraction of sp³-hybridized carbons (Fsp3) is 0.190. The fourth-order valence-corrected chi connectivity index (χ4v) is 3.92. The number of hydrogen-bond donors (Lipinski definition) is 1. The molecule has 1 N–H and O–H groups in total. The van der Waals surface area contributed by atoms with Gasteiger partial charge in [0.2, 0.25) is 10.0 Å². The average molecular weight is 460 g/mol. The fourth-order valence-electron chi connectivity index (χ4n) is 2.87. The highest BCUT2D eigenvalue weighted by Gasteiger charge is 2.19. The van der Waals surface area contributed by atoms with E-state index in [0.717, 1.165) is 6.07 Å². The van der Waals surface area contributed by atoms with Crippen molar-refractivity contribution in [2.45, 2.75) is 24.8 Å². The molecule has 166 valence electrons. The molecule has 0 aliphatic rings. The Labute approximate surface area is 183 Å². The lowest BCUT2D eigenvalue weighted by Gasteiger charge is -2.10. The van der Waals surface area contributed by atoms with Crippen LogP contribution in [0.1, 0.15) is 23.4 Å². The number of nitrogens with one attached hydrogen (secondary N) is 1. The Morgan fingerprint density at radius 2 is 1.91 bits per heavy atom. The molecule has 1 aromatic heterocycles. The number of hydrogen-bond acceptors (Lipinski definition) is 6. The largest absolute Gasteiger partial charge is 0.459 e. The molecule has 0 unspecified atom stereocenters. The maximum atomic E-state index is 13.3. The lowest BCUT2D eigenvalue weighted by Crippen LogP contribution is -2.27. The highest BCUT2D eigenvalue weighted by atomic mass is 32.2. The first-order chi connectivity index (χ1) is 15.2. The van der Waals surface area contributed by atoms with Crippen molar-refractivity contribution in [1.29, 1.82) is 5.26 Å². The zero-order valence-electron chi connectivity index (χ0n) is 16.9. The second-order valence-electron chi connectivity index (χ2n) is 6.65. The molecule has 0 atom stereocenters. The third-order valence-electron chi connectivity index (χ3n) is 4.46. The molecule has 0 saturated carbocycles. The van der Waals surface area contributed by atoms with Gasteiger partial charge >= 0.3 is 5.97 Å². The van der Waals surface area contributed by atoms with Gasteiger partial charge in [-0.15, -0.1) is 0 Å². The second-order valence-corrected chi connectivity index (χ2v) is 8.42. The predicted octanol–water partition coefficient (Wildman–Crippen LogP) is 2.74. The summed E-state index contributed by atoms with van der Waals surface area (Å²) >= 11 is 0. The van der Waals surface area contributed by atoms with Crippen LogP contribution in [0.25, 0.3) is 5.69 Å². The molecular formula is C21H18F2N4O4S. The number of nitriles is 1. The van der Waals surface area contributed by atoms with E-state index in [1.165, 1.54) is 4.68 Å². The van der Waals surface area contributed by atoms with Crippen LogP contribution in [-0.2, 0) is 26.2 Å². The van der Waals surface area contributed by atoms with Crippen LogP contribution in [0, 0.1) is 29.9 Å². The van der Waals surface area contributed by atoms with Crippen LogP contribution in [0.2, 0.25) is 0 Å². The van der Waals surface area contributed by atoms with Crippen LogP contribution in [0.3, 0.4) is 0 Å². The second kappa shape index (κ2) is 9.67. The van der Waals surface area contributed by atoms with E-state index >= 15 is 0 Å². The Morgan fingerprint density at radius 1 is 1.19 bits per heavy atom. The molecular weight excluding hydrogens is 442 g/mol. The van der Waals surface area contributed by atoms with Gasteiger partial charge in [0.15, 0.2) is 11.6 Å². The SMILES string of the molecule is Cc1nn(-c2ccccc2)c(COC(=O)CCNS(=O)(=O)c2ccc(F)c(F)c2)c1C#N. The summed E-state index contributed by atoms with van der Waals surface area (Å²) in [6.45, 7) is 1.10. The van der Waals surface area contributed by atoms with Crippen LogP contribution >= 0.6 is 0 Å². The van der Waals surface area contributed by atoms with Crippen LogP contribution in [0.15, 0.2) is 53.4 Å². The third-order valence-corrected chi connectivity index (χ3v) is 5.92. The maximum Gasteiger partial charge on any atom is 0.307 e. The van der Waals surface area contributed by atoms with E-state index in [4.69, 9.17) is 4.74 Å². The molecule has 11 heteroatoms. The Kier molecular flexibility index (Phi) is 6.97. The summed E-state index contributed by atoms with van der Waals surface area (Å²) in [6, 6.07) is 13.2. The van der Waals surface area contributed by atoms with Crippen molar-refractivity contribution in [3.8, 4) is 11.8 Å². The van der Waals surface area contributed by atoms with Gasteiger partial charge < -0.3 is 4.74 Å². The number of halogens is 2. The van der Waals surface area contributed by atoms with Crippen molar-refractivity contribution in [2.75, 3.05) is 6.54 Å². The molecule has 0 radical (unpaired) electrons. The molecule has 3 rings (SSSR count). The normalized spacial score (nSPS) is 11.2. The number of rotatable bonds is 8. The lowest BCUT2D eigenvalue weighted by molar-refractivity contribution is -0.144. The molecule has 0 saturated heterocycles. The molecule has 0 spiro atoms. The molecule has 0 fully saturated rings. The Balaban J connectivity index is 1.62. The number of para-hydroxylation sites is 1. The molecule has 0 amide bonds. The van der Waals surface area contributed by atoms with Crippen LogP contribution in [-0.4, -0.2) is 30.7 Å². The van der Waals surface area contributed by atoms with Crippen LogP contribution in [0.4, 0.5) is 8.78 Å². The third kappa shape index (κ3) is 5.16. The van der Waals surface area contributed by atoms with Crippen molar-refractivity contribution in [1.82, 2.24) is 14.5 Å². The van der Waals surface area contributed by atoms with Crippen LogP contribution < -0.4 is 4.72 Å². The number of nitrogens with zero attached hydrogens (tertiary/aromatic N) is 3. The van der Waals surface area contributed by atoms with Crippen molar-refractivity contribution in [2.24, 2.45) is 0 Å². The van der Waals surface area contributed by atoms with Crippen molar-refractivity contribution in [3.05, 3.63) is 77.1 Å². The maximum absolute atomic E-state index is 13.3. The number of esters is 1. The van der Waals surface area contributed by atoms with Gasteiger partial charge in [0, 0.05) is 6.54 Å². The topological polar surface area (TPSA) is 114 Å². The first kappa shape index (κ1) is 23.1. The van der Waals surface area contributed by atoms with Gasteiger partial charge in [-0.25, -0.2) is 26.6 Å². The molecule has 0 bridgehead atoms. The van der Waals surface area contributed by atoms with Gasteiger partial charge in [0.25, 0.3) is 0 Å². The van der Waals surface area contributed by atoms with Crippen molar-refractivity contribution < 1.29 is 26.7 Å². The number of benzene rings is 2. The number of ether oxygens (including phenoxy) is 1. The van der Waals surface area contributed by atoms with E-state index in [1.54, 1.807) is 31.2 Å². The van der Waals surface area contributed by atoms with Gasteiger partial charge in [0.1, 0.15) is 18.2 Å². The lowest BCUT2D eigenvalue weighted by atomic mass is 10.2. The summed E-state index contributed by atoms with van der Waals surface area (Å²) in [7, 11) is -4.13. The molecule has 32 heavy (non-hydrogen) atoms. The van der Waals surface area contributed by atoms with E-state index in [1.807, 2.05) is 12.1 Å². The summed E-state index contributed by atoms with van der Waals surface area (Å²) in [5.41, 5.74) is 1.82. The van der Waals surface area contributed by atoms with E-state index in [2.05, 4.69) is 9.82 Å². The first-order valence-corrected chi connectivity index (χ1v) is 10.9. The summed E-state index contributed by atoms with van der Waals surface area (Å²) in [6.07, 6.45) is -0.316. The van der Waals surface area contributed by atoms with Crippen molar-refractivity contribution >= 4 is 16.0 Å². The molecule has 1 heterocycles. The highest BCUT2D eigenvalue weighted by molar-refractivity contribution is 7.89. The highest BCUT2D eigenvalue weighted by Crippen LogP contribution is 2.19. The van der Waals surface area contributed by atoms with Crippen LogP contribution in [0.5, 0.6) is 0 Å². The van der Waals surface area contributed by atoms with Crippen molar-refractivity contribution in [3.63, 3.8) is 0 Å². The monoisotopic (exact) mass is 460 g/mol. The number of carbonyl (C=O) groups is 1. The summed E-state index contributed by atoms with van der Waals surface area (Å²) < 4.78 is 59.4. The van der Waals surface area contributed by atoms with E-state index in [0.29, 0.717) is 29.2 Å². The number of aryl methyl sites for hydroxylation is 1. The Hall–Kier alpha value is -3.62. The van der Waals surface area contributed by atoms with E-state index in [9.17, 15) is 27.3 Å². The Morgan fingerprint density at radius 3 is 2.56 bits per heavy atom. The zero-order valence-corrected chi connectivity index (χ0v) is 17.7. The first-order valence-electron chi connectivity index (χ1n) is 9.37. The summed E-state index contributed by atoms with van der Waals surface area (Å²) in [5, 5.41) is 13.8. The number of sulfonamides is 1. The van der Waals surface area contributed by atoms with Gasteiger partial charge in [-0.2, -0.15) is 10.4 Å². The Bertz CT molecular complexity index is 1290. The molecule has 8 nitrogen and oxygen atoms in total. The summed E-state index contributed by atoms with van der Waals surface area (Å²) in [4.78, 5) is 11.6. The molecule has 2 aromatic carbocycles. The van der Waals surface area contributed by atoms with Gasteiger partial charge in [-0.05, 0) is 37.3 Å². The van der Waals surface area contributed by atoms with Gasteiger partial charge in [-0.3, -0.25) is 4.79 Å². The van der Waals surface area contributed by atoms with Gasteiger partial charge in [-0.1, -0.05) is 18.2 Å². The number of carbonyl (C=O) groups excluding carboxylic acids is 1.